The highest BCUT2D eigenvalue weighted by Gasteiger charge is 2.79. The van der Waals surface area contributed by atoms with Crippen LogP contribution in [0, 0.1) is 28.6 Å². The SMILES string of the molecule is CC(C)(C)C(NC(=O)NC1(CO)CCCCC1)C(=O)N1C[C@H]2[C@@H](C1C(=O)NC(CC1CCC1)C(=O)C(N)=O)C21CC1. The van der Waals surface area contributed by atoms with Crippen molar-refractivity contribution in [2.24, 2.45) is 34.3 Å². The first-order valence-electron chi connectivity index (χ1n) is 15.5. The number of fused-ring (bicyclic) bond motifs is 3. The van der Waals surface area contributed by atoms with Gasteiger partial charge in [0.05, 0.1) is 18.2 Å². The molecule has 0 aromatic carbocycles. The zero-order valence-corrected chi connectivity index (χ0v) is 24.7. The van der Waals surface area contributed by atoms with E-state index >= 15 is 0 Å². The van der Waals surface area contributed by atoms with Crippen molar-refractivity contribution in [3.05, 3.63) is 0 Å². The Morgan fingerprint density at radius 2 is 1.63 bits per heavy atom. The van der Waals surface area contributed by atoms with Crippen LogP contribution < -0.4 is 21.7 Å². The van der Waals surface area contributed by atoms with E-state index in [-0.39, 0.29) is 35.7 Å². The molecule has 5 aliphatic rings. The third kappa shape index (κ3) is 5.70. The molecule has 41 heavy (non-hydrogen) atoms. The molecule has 3 unspecified atom stereocenters. The number of rotatable bonds is 10. The van der Waals surface area contributed by atoms with E-state index in [4.69, 9.17) is 5.73 Å². The lowest BCUT2D eigenvalue weighted by atomic mass is 9.80. The third-order valence-electron chi connectivity index (χ3n) is 10.7. The number of likely N-dealkylation sites (tertiary alicyclic amines) is 1. The van der Waals surface area contributed by atoms with Gasteiger partial charge >= 0.3 is 6.03 Å². The van der Waals surface area contributed by atoms with Crippen LogP contribution in [-0.4, -0.2) is 76.4 Å². The van der Waals surface area contributed by atoms with Gasteiger partial charge in [-0.05, 0) is 60.7 Å². The largest absolute Gasteiger partial charge is 0.394 e. The van der Waals surface area contributed by atoms with Gasteiger partial charge in [0.15, 0.2) is 0 Å². The number of piperidine rings is 1. The van der Waals surface area contributed by atoms with Gasteiger partial charge in [-0.1, -0.05) is 59.3 Å². The fraction of sp³-hybridized carbons (Fsp3) is 0.833. The van der Waals surface area contributed by atoms with Crippen LogP contribution in [0.1, 0.15) is 91.4 Å². The minimum atomic E-state index is -1.07. The van der Waals surface area contributed by atoms with Gasteiger partial charge in [0.1, 0.15) is 12.1 Å². The number of nitrogens with one attached hydrogen (secondary N) is 3. The Labute approximate surface area is 242 Å². The number of aliphatic hydroxyl groups is 1. The van der Waals surface area contributed by atoms with Gasteiger partial charge in [0, 0.05) is 6.54 Å². The Kier molecular flexibility index (Phi) is 7.89. The third-order valence-corrected chi connectivity index (χ3v) is 10.7. The number of primary amides is 1. The minimum Gasteiger partial charge on any atom is -0.394 e. The number of ketones is 1. The molecule has 11 nitrogen and oxygen atoms in total. The second-order valence-electron chi connectivity index (χ2n) is 14.5. The maximum Gasteiger partial charge on any atom is 0.315 e. The lowest BCUT2D eigenvalue weighted by Crippen LogP contribution is -2.63. The molecule has 0 aromatic heterocycles. The molecule has 5 amide bonds. The Balaban J connectivity index is 1.32. The number of nitrogens with two attached hydrogens (primary N) is 1. The highest BCUT2D eigenvalue weighted by molar-refractivity contribution is 6.37. The van der Waals surface area contributed by atoms with Crippen molar-refractivity contribution in [2.45, 2.75) is 115 Å². The van der Waals surface area contributed by atoms with Crippen LogP contribution in [0.5, 0.6) is 0 Å². The Bertz CT molecular complexity index is 1090. The first kappa shape index (κ1) is 29.8. The van der Waals surface area contributed by atoms with E-state index in [0.717, 1.165) is 51.4 Å². The predicted molar refractivity (Wildman–Crippen MR) is 150 cm³/mol. The number of hydrogen-bond acceptors (Lipinski definition) is 6. The van der Waals surface area contributed by atoms with Crippen molar-refractivity contribution >= 4 is 29.5 Å². The van der Waals surface area contributed by atoms with Crippen molar-refractivity contribution in [3.63, 3.8) is 0 Å². The van der Waals surface area contributed by atoms with Crippen LogP contribution in [-0.2, 0) is 19.2 Å². The molecule has 11 heteroatoms. The molecule has 1 aliphatic heterocycles. The van der Waals surface area contributed by atoms with E-state index in [1.54, 1.807) is 4.90 Å². The summed E-state index contributed by atoms with van der Waals surface area (Å²) < 4.78 is 0. The van der Waals surface area contributed by atoms with Crippen LogP contribution in [0.3, 0.4) is 0 Å². The minimum absolute atomic E-state index is 0.00817. The molecule has 1 saturated heterocycles. The zero-order chi connectivity index (χ0) is 29.7. The lowest BCUT2D eigenvalue weighted by molar-refractivity contribution is -0.145. The molecule has 5 rings (SSSR count). The molecule has 5 fully saturated rings. The van der Waals surface area contributed by atoms with Gasteiger partial charge in [-0.3, -0.25) is 19.2 Å². The maximum absolute atomic E-state index is 14.2. The molecule has 1 heterocycles. The van der Waals surface area contributed by atoms with E-state index in [1.165, 1.54) is 0 Å². The predicted octanol–water partition coefficient (Wildman–Crippen LogP) is 1.36. The maximum atomic E-state index is 14.2. The molecule has 0 radical (unpaired) electrons. The monoisotopic (exact) mass is 573 g/mol. The van der Waals surface area contributed by atoms with Crippen molar-refractivity contribution in [2.75, 3.05) is 13.2 Å². The topological polar surface area (TPSA) is 171 Å². The first-order chi connectivity index (χ1) is 19.3. The summed E-state index contributed by atoms with van der Waals surface area (Å²) in [4.78, 5) is 67.2. The van der Waals surface area contributed by atoms with Gasteiger partial charge in [0.2, 0.25) is 17.6 Å². The highest BCUT2D eigenvalue weighted by Crippen LogP contribution is 2.78. The smallest absolute Gasteiger partial charge is 0.315 e. The van der Waals surface area contributed by atoms with Gasteiger partial charge < -0.3 is 31.7 Å². The van der Waals surface area contributed by atoms with Gasteiger partial charge in [-0.25, -0.2) is 4.79 Å². The van der Waals surface area contributed by atoms with Crippen molar-refractivity contribution in [3.8, 4) is 0 Å². The quantitative estimate of drug-likeness (QED) is 0.247. The van der Waals surface area contributed by atoms with E-state index < -0.39 is 52.7 Å². The van der Waals surface area contributed by atoms with E-state index in [2.05, 4.69) is 16.0 Å². The summed E-state index contributed by atoms with van der Waals surface area (Å²) in [7, 11) is 0. The van der Waals surface area contributed by atoms with Gasteiger partial charge in [0.25, 0.3) is 5.91 Å². The average Bonchev–Trinajstić information content (AvgIpc) is 3.75. The molecular weight excluding hydrogens is 526 g/mol. The van der Waals surface area contributed by atoms with Crippen LogP contribution in [0.4, 0.5) is 4.79 Å². The van der Waals surface area contributed by atoms with E-state index in [1.807, 2.05) is 20.8 Å². The average molecular weight is 574 g/mol. The number of amides is 5. The number of carbonyl (C=O) groups is 5. The second kappa shape index (κ2) is 10.9. The lowest BCUT2D eigenvalue weighted by Gasteiger charge is -2.40. The van der Waals surface area contributed by atoms with Crippen LogP contribution >= 0.6 is 0 Å². The standard InChI is InChI=1S/C30H47N5O6/c1-28(2,3)23(33-27(41)34-29(16-36)10-5-4-6-11-29)26(40)35-15-18-20(30(18)12-13-30)21(35)25(39)32-19(22(37)24(31)38)14-17-8-7-9-17/h17-21,23,36H,4-16H2,1-3H3,(H2,31,38)(H,32,39)(H2,33,34,41)/t18-,19?,20-,21?,23?/m0/s1. The molecule has 0 aromatic rings. The van der Waals surface area contributed by atoms with Crippen molar-refractivity contribution in [1.82, 2.24) is 20.9 Å². The molecule has 4 aliphatic carbocycles. The summed E-state index contributed by atoms with van der Waals surface area (Å²) in [5.41, 5.74) is 4.05. The Morgan fingerprint density at radius 3 is 2.15 bits per heavy atom. The molecular formula is C30H47N5O6. The summed E-state index contributed by atoms with van der Waals surface area (Å²) >= 11 is 0. The molecule has 0 bridgehead atoms. The second-order valence-corrected chi connectivity index (χ2v) is 14.5. The van der Waals surface area contributed by atoms with E-state index in [9.17, 15) is 29.1 Å². The summed E-state index contributed by atoms with van der Waals surface area (Å²) in [6.07, 6.45) is 9.59. The number of carbonyl (C=O) groups excluding carboxylic acids is 5. The Morgan fingerprint density at radius 1 is 0.976 bits per heavy atom. The summed E-state index contributed by atoms with van der Waals surface area (Å²) in [5, 5.41) is 18.7. The van der Waals surface area contributed by atoms with Crippen LogP contribution in [0.15, 0.2) is 0 Å². The molecule has 1 spiro atoms. The number of nitrogens with zero attached hydrogens (tertiary/aromatic N) is 1. The summed E-state index contributed by atoms with van der Waals surface area (Å²) in [6, 6.07) is -3.19. The first-order valence-corrected chi connectivity index (χ1v) is 15.5. The molecule has 6 N–H and O–H groups in total. The highest BCUT2D eigenvalue weighted by atomic mass is 16.3. The van der Waals surface area contributed by atoms with Crippen LogP contribution in [0.25, 0.3) is 0 Å². The molecule has 228 valence electrons. The molecule has 4 saturated carbocycles. The fourth-order valence-corrected chi connectivity index (χ4v) is 7.84. The van der Waals surface area contributed by atoms with Crippen molar-refractivity contribution < 1.29 is 29.1 Å². The summed E-state index contributed by atoms with van der Waals surface area (Å²) in [6.45, 7) is 5.86. The fourth-order valence-electron chi connectivity index (χ4n) is 7.84. The number of aliphatic hydroxyl groups excluding tert-OH is 1. The summed E-state index contributed by atoms with van der Waals surface area (Å²) in [5.74, 6) is -2.16. The van der Waals surface area contributed by atoms with Gasteiger partial charge in [-0.15, -0.1) is 0 Å². The Hall–Kier alpha value is -2.69. The van der Waals surface area contributed by atoms with Gasteiger partial charge in [-0.2, -0.15) is 0 Å². The molecule has 5 atom stereocenters. The zero-order valence-electron chi connectivity index (χ0n) is 24.7. The number of Topliss-reactive ketones (excluding diaryl/α,β-unsaturated/α-hetero) is 1. The van der Waals surface area contributed by atoms with Crippen molar-refractivity contribution in [1.29, 1.82) is 0 Å². The van der Waals surface area contributed by atoms with E-state index in [0.29, 0.717) is 25.8 Å². The number of urea groups is 1. The number of hydrogen-bond donors (Lipinski definition) is 5. The van der Waals surface area contributed by atoms with Crippen LogP contribution in [0.2, 0.25) is 0 Å². The normalized spacial score (nSPS) is 29.0.